The Labute approximate surface area is 139 Å². The SMILES string of the molecule is Cc1ccc(NC(=O)c2c(C)nn(-c3ccccc3)c2C)cc1F. The first-order valence-electron chi connectivity index (χ1n) is 7.66. The third-order valence-electron chi connectivity index (χ3n) is 3.95. The topological polar surface area (TPSA) is 46.9 Å². The number of hydrogen-bond acceptors (Lipinski definition) is 2. The third-order valence-corrected chi connectivity index (χ3v) is 3.95. The summed E-state index contributed by atoms with van der Waals surface area (Å²) in [7, 11) is 0. The zero-order chi connectivity index (χ0) is 17.3. The molecule has 4 nitrogen and oxygen atoms in total. The van der Waals surface area contributed by atoms with E-state index in [1.807, 2.05) is 37.3 Å². The molecule has 0 saturated heterocycles. The molecule has 122 valence electrons. The Kier molecular flexibility index (Phi) is 4.16. The van der Waals surface area contributed by atoms with Gasteiger partial charge in [-0.25, -0.2) is 9.07 Å². The maximum atomic E-state index is 13.6. The van der Waals surface area contributed by atoms with E-state index in [9.17, 15) is 9.18 Å². The van der Waals surface area contributed by atoms with Crippen LogP contribution in [0.4, 0.5) is 10.1 Å². The van der Waals surface area contributed by atoms with Crippen LogP contribution in [0.25, 0.3) is 5.69 Å². The van der Waals surface area contributed by atoms with Crippen LogP contribution in [0, 0.1) is 26.6 Å². The number of anilines is 1. The Morgan fingerprint density at radius 3 is 2.46 bits per heavy atom. The standard InChI is InChI=1S/C19H18FN3O/c1-12-9-10-15(11-17(12)20)21-19(24)18-13(2)22-23(14(18)3)16-7-5-4-6-8-16/h4-11H,1-3H3,(H,21,24). The van der Waals surface area contributed by atoms with Gasteiger partial charge in [-0.15, -0.1) is 0 Å². The van der Waals surface area contributed by atoms with E-state index < -0.39 is 0 Å². The second kappa shape index (κ2) is 6.28. The van der Waals surface area contributed by atoms with Gasteiger partial charge in [0.2, 0.25) is 0 Å². The van der Waals surface area contributed by atoms with Crippen molar-refractivity contribution in [1.29, 1.82) is 0 Å². The zero-order valence-corrected chi connectivity index (χ0v) is 13.8. The lowest BCUT2D eigenvalue weighted by atomic mass is 10.1. The highest BCUT2D eigenvalue weighted by molar-refractivity contribution is 6.06. The predicted octanol–water partition coefficient (Wildman–Crippen LogP) is 4.19. The van der Waals surface area contributed by atoms with Crippen molar-refractivity contribution in [2.75, 3.05) is 5.32 Å². The zero-order valence-electron chi connectivity index (χ0n) is 13.8. The summed E-state index contributed by atoms with van der Waals surface area (Å²) >= 11 is 0. The molecule has 0 aliphatic rings. The average molecular weight is 323 g/mol. The lowest BCUT2D eigenvalue weighted by molar-refractivity contribution is 0.102. The van der Waals surface area contributed by atoms with Gasteiger partial charge in [0.25, 0.3) is 5.91 Å². The quantitative estimate of drug-likeness (QED) is 0.785. The van der Waals surface area contributed by atoms with E-state index in [1.54, 1.807) is 30.7 Å². The predicted molar refractivity (Wildman–Crippen MR) is 92.1 cm³/mol. The second-order valence-electron chi connectivity index (χ2n) is 5.71. The molecule has 3 rings (SSSR count). The van der Waals surface area contributed by atoms with Crippen molar-refractivity contribution < 1.29 is 9.18 Å². The molecule has 0 saturated carbocycles. The van der Waals surface area contributed by atoms with Gasteiger partial charge in [-0.1, -0.05) is 24.3 Å². The minimum atomic E-state index is -0.346. The van der Waals surface area contributed by atoms with Crippen molar-refractivity contribution in [2.24, 2.45) is 0 Å². The number of aryl methyl sites for hydroxylation is 2. The molecule has 5 heteroatoms. The van der Waals surface area contributed by atoms with Crippen LogP contribution in [0.2, 0.25) is 0 Å². The molecule has 0 bridgehead atoms. The Morgan fingerprint density at radius 2 is 1.79 bits per heavy atom. The minimum Gasteiger partial charge on any atom is -0.322 e. The lowest BCUT2D eigenvalue weighted by Crippen LogP contribution is -2.14. The summed E-state index contributed by atoms with van der Waals surface area (Å²) in [5, 5.41) is 7.20. The van der Waals surface area contributed by atoms with Crippen LogP contribution >= 0.6 is 0 Å². The largest absolute Gasteiger partial charge is 0.322 e. The first-order valence-corrected chi connectivity index (χ1v) is 7.66. The van der Waals surface area contributed by atoms with E-state index in [4.69, 9.17) is 0 Å². The van der Waals surface area contributed by atoms with Gasteiger partial charge in [-0.05, 0) is 50.6 Å². The molecule has 0 atom stereocenters. The van der Waals surface area contributed by atoms with E-state index >= 15 is 0 Å². The van der Waals surface area contributed by atoms with Gasteiger partial charge in [-0.2, -0.15) is 5.10 Å². The first-order chi connectivity index (χ1) is 11.5. The molecule has 0 spiro atoms. The van der Waals surface area contributed by atoms with Crippen LogP contribution in [0.15, 0.2) is 48.5 Å². The number of nitrogens with zero attached hydrogens (tertiary/aromatic N) is 2. The van der Waals surface area contributed by atoms with Crippen molar-refractivity contribution in [3.8, 4) is 5.69 Å². The van der Waals surface area contributed by atoms with Crippen LogP contribution in [0.5, 0.6) is 0 Å². The lowest BCUT2D eigenvalue weighted by Gasteiger charge is -2.07. The number of carbonyl (C=O) groups is 1. The Morgan fingerprint density at radius 1 is 1.08 bits per heavy atom. The average Bonchev–Trinajstić information content (AvgIpc) is 2.86. The molecule has 0 unspecified atom stereocenters. The molecule has 2 aromatic carbocycles. The van der Waals surface area contributed by atoms with Crippen molar-refractivity contribution in [1.82, 2.24) is 9.78 Å². The van der Waals surface area contributed by atoms with E-state index in [0.29, 0.717) is 22.5 Å². The highest BCUT2D eigenvalue weighted by atomic mass is 19.1. The van der Waals surface area contributed by atoms with Gasteiger partial charge in [0.05, 0.1) is 22.6 Å². The first kappa shape index (κ1) is 15.9. The number of amides is 1. The number of nitrogens with one attached hydrogen (secondary N) is 1. The van der Waals surface area contributed by atoms with Crippen molar-refractivity contribution in [3.05, 3.63) is 76.9 Å². The summed E-state index contributed by atoms with van der Waals surface area (Å²) in [5.74, 6) is -0.642. The summed E-state index contributed by atoms with van der Waals surface area (Å²) in [6.45, 7) is 5.31. The summed E-state index contributed by atoms with van der Waals surface area (Å²) in [6.07, 6.45) is 0. The molecule has 1 heterocycles. The second-order valence-corrected chi connectivity index (χ2v) is 5.71. The monoisotopic (exact) mass is 323 g/mol. The van der Waals surface area contributed by atoms with Gasteiger partial charge in [0.15, 0.2) is 0 Å². The van der Waals surface area contributed by atoms with Crippen LogP contribution in [0.1, 0.15) is 27.3 Å². The third kappa shape index (κ3) is 2.93. The van der Waals surface area contributed by atoms with Crippen LogP contribution in [0.3, 0.4) is 0 Å². The summed E-state index contributed by atoms with van der Waals surface area (Å²) in [4.78, 5) is 12.6. The molecule has 1 aromatic heterocycles. The van der Waals surface area contributed by atoms with Gasteiger partial charge in [0, 0.05) is 5.69 Å². The molecular weight excluding hydrogens is 305 g/mol. The van der Waals surface area contributed by atoms with E-state index in [0.717, 1.165) is 11.4 Å². The highest BCUT2D eigenvalue weighted by Crippen LogP contribution is 2.20. The summed E-state index contributed by atoms with van der Waals surface area (Å²) < 4.78 is 15.4. The van der Waals surface area contributed by atoms with Gasteiger partial charge in [-0.3, -0.25) is 4.79 Å². The molecule has 1 N–H and O–H groups in total. The molecule has 0 fully saturated rings. The highest BCUT2D eigenvalue weighted by Gasteiger charge is 2.19. The number of aromatic nitrogens is 2. The molecule has 0 radical (unpaired) electrons. The Hall–Kier alpha value is -2.95. The normalized spacial score (nSPS) is 10.7. The summed E-state index contributed by atoms with van der Waals surface area (Å²) in [6, 6.07) is 14.3. The Bertz CT molecular complexity index is 900. The van der Waals surface area contributed by atoms with Crippen molar-refractivity contribution in [2.45, 2.75) is 20.8 Å². The minimum absolute atomic E-state index is 0.296. The smallest absolute Gasteiger partial charge is 0.259 e. The molecule has 24 heavy (non-hydrogen) atoms. The van der Waals surface area contributed by atoms with Crippen molar-refractivity contribution >= 4 is 11.6 Å². The van der Waals surface area contributed by atoms with Gasteiger partial charge in [0.1, 0.15) is 5.82 Å². The molecular formula is C19H18FN3O. The number of rotatable bonds is 3. The molecule has 1 amide bonds. The van der Waals surface area contributed by atoms with Crippen LogP contribution in [-0.4, -0.2) is 15.7 Å². The molecule has 0 aliphatic carbocycles. The Balaban J connectivity index is 1.93. The molecule has 3 aromatic rings. The maximum absolute atomic E-state index is 13.6. The fraction of sp³-hybridized carbons (Fsp3) is 0.158. The van der Waals surface area contributed by atoms with E-state index in [2.05, 4.69) is 10.4 Å². The number of para-hydroxylation sites is 1. The van der Waals surface area contributed by atoms with E-state index in [-0.39, 0.29) is 11.7 Å². The number of hydrogen-bond donors (Lipinski definition) is 1. The van der Waals surface area contributed by atoms with Crippen LogP contribution in [-0.2, 0) is 0 Å². The van der Waals surface area contributed by atoms with Gasteiger partial charge < -0.3 is 5.32 Å². The van der Waals surface area contributed by atoms with Crippen molar-refractivity contribution in [3.63, 3.8) is 0 Å². The number of benzene rings is 2. The fourth-order valence-electron chi connectivity index (χ4n) is 2.66. The summed E-state index contributed by atoms with van der Waals surface area (Å²) in [5.41, 5.74) is 3.72. The maximum Gasteiger partial charge on any atom is 0.259 e. The number of halogens is 1. The number of carbonyl (C=O) groups excluding carboxylic acids is 1. The molecule has 0 aliphatic heterocycles. The van der Waals surface area contributed by atoms with E-state index in [1.165, 1.54) is 6.07 Å². The fourth-order valence-corrected chi connectivity index (χ4v) is 2.66. The van der Waals surface area contributed by atoms with Gasteiger partial charge >= 0.3 is 0 Å². The van der Waals surface area contributed by atoms with Crippen LogP contribution < -0.4 is 5.32 Å².